The number of hydrogen-bond donors (Lipinski definition) is 3. The van der Waals surface area contributed by atoms with Gasteiger partial charge < -0.3 is 26.8 Å². The Morgan fingerprint density at radius 1 is 1.22 bits per heavy atom. The van der Waals surface area contributed by atoms with E-state index in [4.69, 9.17) is 38.4 Å². The van der Waals surface area contributed by atoms with E-state index in [0.29, 0.717) is 28.4 Å². The number of nitrogen functional groups attached to an aromatic ring is 2. The minimum atomic E-state index is -0.996. The van der Waals surface area contributed by atoms with Crippen molar-refractivity contribution in [1.82, 2.24) is 4.68 Å². The van der Waals surface area contributed by atoms with Crippen LogP contribution in [0.1, 0.15) is 23.6 Å². The van der Waals surface area contributed by atoms with Crippen molar-refractivity contribution in [3.8, 4) is 17.2 Å². The van der Waals surface area contributed by atoms with Crippen LogP contribution in [0.5, 0.6) is 17.2 Å². The van der Waals surface area contributed by atoms with E-state index in [-0.39, 0.29) is 23.6 Å². The van der Waals surface area contributed by atoms with Crippen molar-refractivity contribution in [3.05, 3.63) is 87.7 Å². The number of aromatic nitrogens is 1. The van der Waals surface area contributed by atoms with Gasteiger partial charge in [-0.3, -0.25) is 19.8 Å². The lowest BCUT2D eigenvalue weighted by molar-refractivity contribution is -0.385. The van der Waals surface area contributed by atoms with Crippen LogP contribution in [0.4, 0.5) is 17.1 Å². The number of benzene rings is 2. The molecule has 0 saturated heterocycles. The monoisotopic (exact) mass is 511 g/mol. The van der Waals surface area contributed by atoms with Crippen molar-refractivity contribution < 1.29 is 14.4 Å². The Hall–Kier alpha value is -4.35. The van der Waals surface area contributed by atoms with Gasteiger partial charge in [0.25, 0.3) is 0 Å². The third-order valence-corrected chi connectivity index (χ3v) is 5.09. The van der Waals surface area contributed by atoms with Crippen LogP contribution in [-0.2, 0) is 0 Å². The molecule has 12 heteroatoms. The molecule has 0 bridgehead atoms. The molecule has 0 saturated carbocycles. The Labute approximate surface area is 212 Å². The fourth-order valence-electron chi connectivity index (χ4n) is 3.16. The fourth-order valence-corrected chi connectivity index (χ4v) is 3.34. The van der Waals surface area contributed by atoms with Gasteiger partial charge in [0, 0.05) is 48.1 Å². The molecule has 0 aliphatic heterocycles. The topological polar surface area (TPSA) is 169 Å². The van der Waals surface area contributed by atoms with Gasteiger partial charge in [-0.05, 0) is 49.8 Å². The summed E-state index contributed by atoms with van der Waals surface area (Å²) in [5.74, 6) is 7.24. The number of alkyl halides is 1. The predicted octanol–water partition coefficient (Wildman–Crippen LogP) is 4.20. The molecule has 1 aromatic heterocycles. The number of aliphatic imine (C=N–C) groups is 1. The molecule has 188 valence electrons. The number of nitrogens with zero attached hydrogens (tertiary/aromatic N) is 4. The lowest BCUT2D eigenvalue weighted by Gasteiger charge is -2.11. The van der Waals surface area contributed by atoms with E-state index in [0.717, 1.165) is 5.56 Å². The van der Waals surface area contributed by atoms with E-state index < -0.39 is 10.4 Å². The molecule has 0 fully saturated rings. The number of allylic oxidation sites excluding steroid dienone is 1. The summed E-state index contributed by atoms with van der Waals surface area (Å²) in [5.41, 5.74) is 12.9. The van der Waals surface area contributed by atoms with Gasteiger partial charge in [-0.1, -0.05) is 0 Å². The van der Waals surface area contributed by atoms with Crippen LogP contribution >= 0.6 is 11.6 Å². The first kappa shape index (κ1) is 26.3. The van der Waals surface area contributed by atoms with E-state index in [2.05, 4.69) is 9.98 Å². The van der Waals surface area contributed by atoms with Gasteiger partial charge in [-0.15, -0.1) is 11.6 Å². The standard InChI is InChI=1S/C24H26ClN7O4/c1-3-35-22-14-19(18(24(25)27)13-20(22)32(33)34)29-8-4-9-30-23-12-17(7-10-31(23)28)36-21-6-5-16(26)11-15(21)2/h4-14,24H,3,26-28H2,1-2H3/b9-4-,29-8+,30-23-. The minimum Gasteiger partial charge on any atom is -0.487 e. The van der Waals surface area contributed by atoms with Crippen molar-refractivity contribution >= 4 is 34.9 Å². The number of nitro benzene ring substituents is 1. The number of nitrogens with two attached hydrogens (primary N) is 3. The van der Waals surface area contributed by atoms with Crippen LogP contribution in [0.2, 0.25) is 0 Å². The molecule has 0 aliphatic carbocycles. The molecule has 1 heterocycles. The van der Waals surface area contributed by atoms with Crippen molar-refractivity contribution in [1.29, 1.82) is 0 Å². The summed E-state index contributed by atoms with van der Waals surface area (Å²) in [6, 6.07) is 11.4. The van der Waals surface area contributed by atoms with Crippen LogP contribution in [0.3, 0.4) is 0 Å². The Balaban J connectivity index is 1.84. The second-order valence-corrected chi connectivity index (χ2v) is 7.94. The number of halogens is 1. The third kappa shape index (κ3) is 6.62. The first-order valence-corrected chi connectivity index (χ1v) is 11.2. The lowest BCUT2D eigenvalue weighted by atomic mass is 10.1. The summed E-state index contributed by atoms with van der Waals surface area (Å²) < 4.78 is 12.6. The highest BCUT2D eigenvalue weighted by Crippen LogP contribution is 2.38. The van der Waals surface area contributed by atoms with Crippen molar-refractivity contribution in [2.75, 3.05) is 18.2 Å². The molecule has 1 unspecified atom stereocenters. The number of ether oxygens (including phenoxy) is 2. The number of rotatable bonds is 9. The highest BCUT2D eigenvalue weighted by atomic mass is 35.5. The fraction of sp³-hybridized carbons (Fsp3) is 0.167. The van der Waals surface area contributed by atoms with Crippen molar-refractivity contribution in [2.24, 2.45) is 15.7 Å². The molecule has 3 rings (SSSR count). The van der Waals surface area contributed by atoms with Gasteiger partial charge >= 0.3 is 5.69 Å². The van der Waals surface area contributed by atoms with Gasteiger partial charge in [-0.2, -0.15) is 0 Å². The first-order chi connectivity index (χ1) is 17.2. The number of nitro groups is 1. The molecule has 0 radical (unpaired) electrons. The second kappa shape index (κ2) is 11.9. The SMILES string of the molecule is CCOc1cc(/N=C/C=C\N=c2\cc(Oc3ccc(N)cc3C)ccn2N)c(C(N)Cl)cc1[N+](=O)[O-]. The quantitative estimate of drug-likeness (QED) is 0.0734. The van der Waals surface area contributed by atoms with Gasteiger partial charge in [0.05, 0.1) is 17.2 Å². The highest BCUT2D eigenvalue weighted by molar-refractivity contribution is 6.20. The Morgan fingerprint density at radius 2 is 2.00 bits per heavy atom. The summed E-state index contributed by atoms with van der Waals surface area (Å²) in [5, 5.41) is 11.4. The average Bonchev–Trinajstić information content (AvgIpc) is 2.82. The summed E-state index contributed by atoms with van der Waals surface area (Å²) in [4.78, 5) is 19.4. The maximum Gasteiger partial charge on any atom is 0.311 e. The zero-order chi connectivity index (χ0) is 26.2. The van der Waals surface area contributed by atoms with Crippen LogP contribution in [-0.4, -0.2) is 22.4 Å². The molecule has 2 aromatic carbocycles. The van der Waals surface area contributed by atoms with Crippen LogP contribution < -0.4 is 32.3 Å². The molecule has 0 aliphatic rings. The first-order valence-electron chi connectivity index (χ1n) is 10.8. The molecular formula is C24H26ClN7O4. The molecule has 36 heavy (non-hydrogen) atoms. The van der Waals surface area contributed by atoms with E-state index in [1.807, 2.05) is 13.0 Å². The van der Waals surface area contributed by atoms with Crippen molar-refractivity contribution in [2.45, 2.75) is 19.3 Å². The third-order valence-electron chi connectivity index (χ3n) is 4.86. The van der Waals surface area contributed by atoms with Gasteiger partial charge in [0.15, 0.2) is 11.2 Å². The molecule has 1 atom stereocenters. The number of pyridine rings is 1. The largest absolute Gasteiger partial charge is 0.487 e. The summed E-state index contributed by atoms with van der Waals surface area (Å²) in [7, 11) is 0. The van der Waals surface area contributed by atoms with E-state index in [1.54, 1.807) is 43.5 Å². The van der Waals surface area contributed by atoms with E-state index >= 15 is 0 Å². The zero-order valence-electron chi connectivity index (χ0n) is 19.7. The summed E-state index contributed by atoms with van der Waals surface area (Å²) in [6.45, 7) is 3.86. The van der Waals surface area contributed by atoms with Gasteiger partial charge in [-0.25, -0.2) is 4.99 Å². The highest BCUT2D eigenvalue weighted by Gasteiger charge is 2.21. The van der Waals surface area contributed by atoms with Crippen LogP contribution in [0.15, 0.2) is 70.9 Å². The molecule has 6 N–H and O–H groups in total. The van der Waals surface area contributed by atoms with Gasteiger partial charge in [0.1, 0.15) is 17.0 Å². The molecule has 0 amide bonds. The lowest BCUT2D eigenvalue weighted by Crippen LogP contribution is -2.26. The number of hydrogen-bond acceptors (Lipinski definition) is 9. The molecular weight excluding hydrogens is 486 g/mol. The molecule has 3 aromatic rings. The number of aryl methyl sites for hydroxylation is 1. The summed E-state index contributed by atoms with van der Waals surface area (Å²) in [6.07, 6.45) is 6.10. The smallest absolute Gasteiger partial charge is 0.311 e. The zero-order valence-corrected chi connectivity index (χ0v) is 20.4. The van der Waals surface area contributed by atoms with E-state index in [1.165, 1.54) is 29.2 Å². The van der Waals surface area contributed by atoms with Gasteiger partial charge in [0.2, 0.25) is 0 Å². The second-order valence-electron chi connectivity index (χ2n) is 7.47. The summed E-state index contributed by atoms with van der Waals surface area (Å²) >= 11 is 6.01. The maximum absolute atomic E-state index is 11.4. The normalized spacial score (nSPS) is 12.8. The van der Waals surface area contributed by atoms with E-state index in [9.17, 15) is 10.1 Å². The minimum absolute atomic E-state index is 0.0710. The predicted molar refractivity (Wildman–Crippen MR) is 140 cm³/mol. The van der Waals surface area contributed by atoms with Crippen LogP contribution in [0, 0.1) is 17.0 Å². The molecule has 0 spiro atoms. The number of anilines is 1. The average molecular weight is 512 g/mol. The Kier molecular flexibility index (Phi) is 8.66. The Morgan fingerprint density at radius 3 is 2.67 bits per heavy atom. The van der Waals surface area contributed by atoms with Crippen LogP contribution in [0.25, 0.3) is 0 Å². The maximum atomic E-state index is 11.4. The van der Waals surface area contributed by atoms with Crippen molar-refractivity contribution in [3.63, 3.8) is 0 Å². The molecule has 11 nitrogen and oxygen atoms in total. The Bertz CT molecular complexity index is 1380.